The van der Waals surface area contributed by atoms with Crippen LogP contribution in [0.1, 0.15) is 19.3 Å². The van der Waals surface area contributed by atoms with Gasteiger partial charge in [0.25, 0.3) is 11.8 Å². The van der Waals surface area contributed by atoms with Gasteiger partial charge in [-0.25, -0.2) is 0 Å². The third-order valence-electron chi connectivity index (χ3n) is 2.40. The molecule has 0 radical (unpaired) electrons. The van der Waals surface area contributed by atoms with Crippen LogP contribution in [0.4, 0.5) is 0 Å². The molecule has 0 aliphatic carbocycles. The minimum absolute atomic E-state index is 0.0485. The highest BCUT2D eigenvalue weighted by Gasteiger charge is 2.22. The Balaban J connectivity index is 2.10. The normalized spacial score (nSPS) is 14.5. The predicted octanol–water partition coefficient (Wildman–Crippen LogP) is -0.843. The Morgan fingerprint density at radius 1 is 1.24 bits per heavy atom. The third kappa shape index (κ3) is 4.36. The Morgan fingerprint density at radius 3 is 2.47 bits per heavy atom. The van der Waals surface area contributed by atoms with Crippen molar-refractivity contribution in [3.05, 3.63) is 12.2 Å². The summed E-state index contributed by atoms with van der Waals surface area (Å²) in [7, 11) is 0. The summed E-state index contributed by atoms with van der Waals surface area (Å²) in [6, 6.07) is 0. The number of nitrogens with zero attached hydrogens (tertiary/aromatic N) is 1. The number of nitrogens with two attached hydrogens (primary N) is 1. The van der Waals surface area contributed by atoms with E-state index in [0.717, 1.165) is 0 Å². The van der Waals surface area contributed by atoms with Crippen LogP contribution in [0.5, 0.6) is 0 Å². The molecule has 1 aliphatic heterocycles. The number of rotatable bonds is 7. The summed E-state index contributed by atoms with van der Waals surface area (Å²) >= 11 is 0. The first kappa shape index (κ1) is 13.4. The van der Waals surface area contributed by atoms with Gasteiger partial charge in [-0.1, -0.05) is 0 Å². The molecule has 0 fully saturated rings. The van der Waals surface area contributed by atoms with E-state index in [1.54, 1.807) is 0 Å². The minimum Gasteiger partial charge on any atom is -0.355 e. The zero-order valence-electron chi connectivity index (χ0n) is 9.65. The number of imide groups is 1. The van der Waals surface area contributed by atoms with Crippen LogP contribution in [-0.2, 0) is 14.4 Å². The number of carbonyl (C=O) groups excluding carboxylic acids is 3. The van der Waals surface area contributed by atoms with Crippen LogP contribution in [0.2, 0.25) is 0 Å². The quantitative estimate of drug-likeness (QED) is 0.447. The molecular weight excluding hydrogens is 222 g/mol. The van der Waals surface area contributed by atoms with Crippen LogP contribution < -0.4 is 11.1 Å². The molecule has 1 heterocycles. The van der Waals surface area contributed by atoms with E-state index >= 15 is 0 Å². The molecule has 6 nitrogen and oxygen atoms in total. The molecule has 1 aliphatic rings. The molecule has 3 amide bonds. The highest BCUT2D eigenvalue weighted by molar-refractivity contribution is 6.12. The number of nitrogens with one attached hydrogen (secondary N) is 1. The average molecular weight is 239 g/mol. The van der Waals surface area contributed by atoms with E-state index in [2.05, 4.69) is 5.32 Å². The van der Waals surface area contributed by atoms with E-state index in [4.69, 9.17) is 5.73 Å². The van der Waals surface area contributed by atoms with Gasteiger partial charge >= 0.3 is 0 Å². The number of amides is 3. The van der Waals surface area contributed by atoms with Crippen LogP contribution in [0.15, 0.2) is 12.2 Å². The van der Waals surface area contributed by atoms with E-state index in [-0.39, 0.29) is 17.7 Å². The van der Waals surface area contributed by atoms with Crippen LogP contribution in [0.25, 0.3) is 0 Å². The standard InChI is InChI=1S/C11H17N3O3/c12-6-7-13-9(15)3-1-2-8-14-10(16)4-5-11(14)17/h4-5H,1-3,6-8,12H2,(H,13,15). The van der Waals surface area contributed by atoms with Gasteiger partial charge < -0.3 is 11.1 Å². The van der Waals surface area contributed by atoms with E-state index in [0.29, 0.717) is 38.9 Å². The van der Waals surface area contributed by atoms with Gasteiger partial charge in [0.05, 0.1) is 0 Å². The van der Waals surface area contributed by atoms with Crippen LogP contribution >= 0.6 is 0 Å². The van der Waals surface area contributed by atoms with E-state index in [9.17, 15) is 14.4 Å². The number of hydrogen-bond donors (Lipinski definition) is 2. The highest BCUT2D eigenvalue weighted by atomic mass is 16.2. The molecule has 94 valence electrons. The monoisotopic (exact) mass is 239 g/mol. The Labute approximate surface area is 99.8 Å². The molecule has 3 N–H and O–H groups in total. The second-order valence-corrected chi connectivity index (χ2v) is 3.76. The summed E-state index contributed by atoms with van der Waals surface area (Å²) in [6.45, 7) is 1.27. The summed E-state index contributed by atoms with van der Waals surface area (Å²) in [5, 5.41) is 2.65. The molecule has 0 atom stereocenters. The van der Waals surface area contributed by atoms with Crippen molar-refractivity contribution in [2.45, 2.75) is 19.3 Å². The summed E-state index contributed by atoms with van der Waals surface area (Å²) in [5.41, 5.74) is 5.24. The lowest BCUT2D eigenvalue weighted by atomic mass is 10.2. The maximum Gasteiger partial charge on any atom is 0.253 e. The van der Waals surface area contributed by atoms with Crippen molar-refractivity contribution in [1.29, 1.82) is 0 Å². The Hall–Kier alpha value is -1.69. The van der Waals surface area contributed by atoms with Gasteiger partial charge in [0.15, 0.2) is 0 Å². The smallest absolute Gasteiger partial charge is 0.253 e. The van der Waals surface area contributed by atoms with Crippen molar-refractivity contribution in [2.75, 3.05) is 19.6 Å². The van der Waals surface area contributed by atoms with Gasteiger partial charge in [-0.05, 0) is 12.8 Å². The maximum absolute atomic E-state index is 11.2. The van der Waals surface area contributed by atoms with Crippen LogP contribution in [-0.4, -0.2) is 42.3 Å². The predicted molar refractivity (Wildman–Crippen MR) is 61.8 cm³/mol. The first-order valence-corrected chi connectivity index (χ1v) is 5.65. The largest absolute Gasteiger partial charge is 0.355 e. The van der Waals surface area contributed by atoms with Crippen molar-refractivity contribution in [2.24, 2.45) is 5.73 Å². The van der Waals surface area contributed by atoms with E-state index in [1.165, 1.54) is 17.1 Å². The van der Waals surface area contributed by atoms with Gasteiger partial charge in [-0.2, -0.15) is 0 Å². The van der Waals surface area contributed by atoms with Gasteiger partial charge in [-0.15, -0.1) is 0 Å². The molecular formula is C11H17N3O3. The van der Waals surface area contributed by atoms with E-state index < -0.39 is 0 Å². The fourth-order valence-electron chi connectivity index (χ4n) is 1.51. The van der Waals surface area contributed by atoms with Gasteiger partial charge in [0.1, 0.15) is 0 Å². The minimum atomic E-state index is -0.275. The summed E-state index contributed by atoms with van der Waals surface area (Å²) < 4.78 is 0. The Morgan fingerprint density at radius 2 is 1.88 bits per heavy atom. The van der Waals surface area contributed by atoms with Crippen LogP contribution in [0.3, 0.4) is 0 Å². The molecule has 0 unspecified atom stereocenters. The topological polar surface area (TPSA) is 92.5 Å². The third-order valence-corrected chi connectivity index (χ3v) is 2.40. The van der Waals surface area contributed by atoms with Crippen LogP contribution in [0, 0.1) is 0 Å². The van der Waals surface area contributed by atoms with Crippen molar-refractivity contribution >= 4 is 17.7 Å². The molecule has 0 bridgehead atoms. The molecule has 0 aromatic carbocycles. The SMILES string of the molecule is NCCNC(=O)CCCCN1C(=O)C=CC1=O. The summed E-state index contributed by atoms with van der Waals surface area (Å²) in [5.74, 6) is -0.599. The van der Waals surface area contributed by atoms with Crippen molar-refractivity contribution in [3.8, 4) is 0 Å². The zero-order valence-corrected chi connectivity index (χ0v) is 9.65. The molecule has 0 saturated carbocycles. The van der Waals surface area contributed by atoms with Gasteiger partial charge in [-0.3, -0.25) is 19.3 Å². The lowest BCUT2D eigenvalue weighted by Gasteiger charge is -2.12. The molecule has 0 saturated heterocycles. The number of hydrogen-bond acceptors (Lipinski definition) is 4. The fourth-order valence-corrected chi connectivity index (χ4v) is 1.51. The molecule has 0 spiro atoms. The second-order valence-electron chi connectivity index (χ2n) is 3.76. The lowest BCUT2D eigenvalue weighted by Crippen LogP contribution is -2.31. The van der Waals surface area contributed by atoms with Crippen molar-refractivity contribution in [3.63, 3.8) is 0 Å². The summed E-state index contributed by atoms with van der Waals surface area (Å²) in [6.07, 6.45) is 4.19. The molecule has 0 aromatic rings. The molecule has 17 heavy (non-hydrogen) atoms. The number of unbranched alkanes of at least 4 members (excludes halogenated alkanes) is 1. The average Bonchev–Trinajstić information content (AvgIpc) is 2.62. The first-order chi connectivity index (χ1) is 8.15. The maximum atomic E-state index is 11.2. The Kier molecular flexibility index (Phi) is 5.35. The molecule has 6 heteroatoms. The lowest BCUT2D eigenvalue weighted by molar-refractivity contribution is -0.136. The highest BCUT2D eigenvalue weighted by Crippen LogP contribution is 2.06. The Bertz CT molecular complexity index is 321. The molecule has 0 aromatic heterocycles. The fraction of sp³-hybridized carbons (Fsp3) is 0.545. The summed E-state index contributed by atoms with van der Waals surface area (Å²) in [4.78, 5) is 34.7. The molecule has 1 rings (SSSR count). The van der Waals surface area contributed by atoms with E-state index in [1.807, 2.05) is 0 Å². The van der Waals surface area contributed by atoms with Gasteiger partial charge in [0.2, 0.25) is 5.91 Å². The zero-order chi connectivity index (χ0) is 12.7. The first-order valence-electron chi connectivity index (χ1n) is 5.65. The van der Waals surface area contributed by atoms with Crippen molar-refractivity contribution in [1.82, 2.24) is 10.2 Å². The second kappa shape index (κ2) is 6.80. The van der Waals surface area contributed by atoms with Gasteiger partial charge in [0, 0.05) is 38.2 Å². The number of carbonyl (C=O) groups is 3. The van der Waals surface area contributed by atoms with Crippen molar-refractivity contribution < 1.29 is 14.4 Å².